The van der Waals surface area contributed by atoms with Crippen LogP contribution < -0.4 is 11.1 Å². The highest BCUT2D eigenvalue weighted by atomic mass is 32.2. The van der Waals surface area contributed by atoms with Crippen LogP contribution in [0.15, 0.2) is 58.7 Å². The van der Waals surface area contributed by atoms with Crippen molar-refractivity contribution in [1.82, 2.24) is 19.1 Å². The number of amides is 1. The number of rotatable bonds is 10. The Bertz CT molecular complexity index is 1300. The van der Waals surface area contributed by atoms with E-state index in [0.29, 0.717) is 30.2 Å². The first-order chi connectivity index (χ1) is 16.6. The molecule has 0 saturated heterocycles. The van der Waals surface area contributed by atoms with Gasteiger partial charge in [0, 0.05) is 36.2 Å². The van der Waals surface area contributed by atoms with Gasteiger partial charge in [0.15, 0.2) is 18.3 Å². The van der Waals surface area contributed by atoms with E-state index in [1.54, 1.807) is 36.9 Å². The number of benzene rings is 1. The van der Waals surface area contributed by atoms with Gasteiger partial charge in [-0.25, -0.2) is 18.1 Å². The zero-order valence-electron chi connectivity index (χ0n) is 20.1. The summed E-state index contributed by atoms with van der Waals surface area (Å²) in [7, 11) is -3.56. The molecule has 1 aromatic carbocycles. The number of carbonyl (C=O) groups excluding carboxylic acids is 1. The monoisotopic (exact) mass is 499 g/mol. The van der Waals surface area contributed by atoms with Gasteiger partial charge < -0.3 is 15.9 Å². The fraction of sp³-hybridized carbons (Fsp3) is 0.304. The Morgan fingerprint density at radius 3 is 2.37 bits per heavy atom. The van der Waals surface area contributed by atoms with Crippen molar-refractivity contribution in [3.8, 4) is 5.82 Å². The Labute approximate surface area is 204 Å². The third-order valence-corrected chi connectivity index (χ3v) is 7.17. The maximum absolute atomic E-state index is 12.5. The van der Waals surface area contributed by atoms with Crippen molar-refractivity contribution in [3.05, 3.63) is 65.6 Å². The minimum atomic E-state index is -3.56. The van der Waals surface area contributed by atoms with Crippen molar-refractivity contribution in [2.24, 2.45) is 10.9 Å². The maximum atomic E-state index is 12.5. The predicted octanol–water partition coefficient (Wildman–Crippen LogP) is 2.19. The van der Waals surface area contributed by atoms with Gasteiger partial charge in [-0.2, -0.15) is 9.40 Å². The SMILES string of the molecule is CCN(CC)S(=O)(=O)c1ccc(NC(=O)CO/N=C(/N)c2ccc(-n3nc(C)cc3C)nc2)cc1. The number of anilines is 1. The van der Waals surface area contributed by atoms with Crippen LogP contribution in [0.2, 0.25) is 0 Å². The number of aryl methyl sites for hydroxylation is 2. The summed E-state index contributed by atoms with van der Waals surface area (Å²) >= 11 is 0. The molecular formula is C23H29N7O4S. The minimum Gasteiger partial charge on any atom is -0.384 e. The molecule has 3 aromatic rings. The smallest absolute Gasteiger partial charge is 0.265 e. The van der Waals surface area contributed by atoms with Crippen molar-refractivity contribution >= 4 is 27.5 Å². The molecule has 3 N–H and O–H groups in total. The zero-order valence-corrected chi connectivity index (χ0v) is 20.9. The first-order valence-electron chi connectivity index (χ1n) is 11.0. The number of hydrogen-bond acceptors (Lipinski definition) is 7. The number of nitrogens with one attached hydrogen (secondary N) is 1. The van der Waals surface area contributed by atoms with Crippen molar-refractivity contribution in [3.63, 3.8) is 0 Å². The average molecular weight is 500 g/mol. The minimum absolute atomic E-state index is 0.0659. The molecule has 35 heavy (non-hydrogen) atoms. The molecule has 12 heteroatoms. The standard InChI is InChI=1S/C23H29N7O4S/c1-5-29(6-2)35(32,33)20-10-8-19(9-11-20)26-22(31)15-34-28-23(24)18-7-12-21(25-14-18)30-17(4)13-16(3)27-30/h7-14H,5-6,15H2,1-4H3,(H2,24,28)(H,26,31). The number of nitrogens with zero attached hydrogens (tertiary/aromatic N) is 5. The Kier molecular flexibility index (Phi) is 8.20. The molecule has 0 unspecified atom stereocenters. The van der Waals surface area contributed by atoms with E-state index in [-0.39, 0.29) is 17.3 Å². The van der Waals surface area contributed by atoms with Gasteiger partial charge in [0.25, 0.3) is 5.91 Å². The first kappa shape index (κ1) is 25.8. The molecule has 0 saturated carbocycles. The fourth-order valence-electron chi connectivity index (χ4n) is 3.36. The number of carbonyl (C=O) groups is 1. The molecule has 0 spiro atoms. The second-order valence-electron chi connectivity index (χ2n) is 7.66. The van der Waals surface area contributed by atoms with E-state index in [9.17, 15) is 13.2 Å². The molecule has 0 radical (unpaired) electrons. The van der Waals surface area contributed by atoms with E-state index >= 15 is 0 Å². The van der Waals surface area contributed by atoms with E-state index < -0.39 is 15.9 Å². The lowest BCUT2D eigenvalue weighted by Gasteiger charge is -2.18. The van der Waals surface area contributed by atoms with Crippen LogP contribution in [0.3, 0.4) is 0 Å². The quantitative estimate of drug-likeness (QED) is 0.247. The number of sulfonamides is 1. The van der Waals surface area contributed by atoms with Gasteiger partial charge in [0.05, 0.1) is 10.6 Å². The number of amidine groups is 1. The summed E-state index contributed by atoms with van der Waals surface area (Å²) < 4.78 is 28.2. The van der Waals surface area contributed by atoms with Crippen LogP contribution in [-0.4, -0.2) is 58.9 Å². The van der Waals surface area contributed by atoms with Gasteiger partial charge in [-0.05, 0) is 56.3 Å². The van der Waals surface area contributed by atoms with Crippen LogP contribution >= 0.6 is 0 Å². The number of aromatic nitrogens is 3. The fourth-order valence-corrected chi connectivity index (χ4v) is 4.81. The predicted molar refractivity (Wildman–Crippen MR) is 133 cm³/mol. The highest BCUT2D eigenvalue weighted by molar-refractivity contribution is 7.89. The third kappa shape index (κ3) is 6.22. The van der Waals surface area contributed by atoms with Gasteiger partial charge in [0.2, 0.25) is 10.0 Å². The van der Waals surface area contributed by atoms with E-state index in [4.69, 9.17) is 10.6 Å². The van der Waals surface area contributed by atoms with E-state index in [1.807, 2.05) is 19.9 Å². The molecule has 0 bridgehead atoms. The lowest BCUT2D eigenvalue weighted by molar-refractivity contribution is -0.120. The van der Waals surface area contributed by atoms with E-state index in [0.717, 1.165) is 11.4 Å². The van der Waals surface area contributed by atoms with Crippen LogP contribution in [0.1, 0.15) is 30.8 Å². The maximum Gasteiger partial charge on any atom is 0.265 e. The van der Waals surface area contributed by atoms with Crippen molar-refractivity contribution in [1.29, 1.82) is 0 Å². The Morgan fingerprint density at radius 1 is 1.14 bits per heavy atom. The van der Waals surface area contributed by atoms with Crippen molar-refractivity contribution in [2.75, 3.05) is 25.0 Å². The number of nitrogens with two attached hydrogens (primary N) is 1. The molecule has 2 aromatic heterocycles. The van der Waals surface area contributed by atoms with Crippen molar-refractivity contribution in [2.45, 2.75) is 32.6 Å². The van der Waals surface area contributed by atoms with Gasteiger partial charge in [-0.3, -0.25) is 4.79 Å². The molecule has 2 heterocycles. The molecular weight excluding hydrogens is 470 g/mol. The topological polar surface area (TPSA) is 145 Å². The van der Waals surface area contributed by atoms with Gasteiger partial charge in [-0.1, -0.05) is 19.0 Å². The molecule has 0 fully saturated rings. The van der Waals surface area contributed by atoms with Crippen LogP contribution in [0.4, 0.5) is 5.69 Å². The lowest BCUT2D eigenvalue weighted by Crippen LogP contribution is -2.30. The zero-order chi connectivity index (χ0) is 25.6. The van der Waals surface area contributed by atoms with Crippen LogP contribution in [-0.2, 0) is 19.7 Å². The summed E-state index contributed by atoms with van der Waals surface area (Å²) in [6, 6.07) is 11.4. The average Bonchev–Trinajstić information content (AvgIpc) is 3.17. The van der Waals surface area contributed by atoms with Crippen LogP contribution in [0.5, 0.6) is 0 Å². The summed E-state index contributed by atoms with van der Waals surface area (Å²) in [5, 5.41) is 10.8. The third-order valence-electron chi connectivity index (χ3n) is 5.11. The molecule has 0 aliphatic rings. The molecule has 11 nitrogen and oxygen atoms in total. The lowest BCUT2D eigenvalue weighted by atomic mass is 10.2. The van der Waals surface area contributed by atoms with Gasteiger partial charge in [-0.15, -0.1) is 0 Å². The van der Waals surface area contributed by atoms with Gasteiger partial charge >= 0.3 is 0 Å². The van der Waals surface area contributed by atoms with E-state index in [1.165, 1.54) is 28.6 Å². The van der Waals surface area contributed by atoms with Crippen LogP contribution in [0.25, 0.3) is 5.82 Å². The highest BCUT2D eigenvalue weighted by Crippen LogP contribution is 2.18. The Morgan fingerprint density at radius 2 is 1.83 bits per heavy atom. The summed E-state index contributed by atoms with van der Waals surface area (Å²) in [5.74, 6) is 0.235. The largest absolute Gasteiger partial charge is 0.384 e. The van der Waals surface area contributed by atoms with Crippen molar-refractivity contribution < 1.29 is 18.0 Å². The summed E-state index contributed by atoms with van der Waals surface area (Å²) in [4.78, 5) is 21.7. The molecule has 3 rings (SSSR count). The Balaban J connectivity index is 1.55. The van der Waals surface area contributed by atoms with E-state index in [2.05, 4.69) is 20.6 Å². The molecule has 1 amide bonds. The van der Waals surface area contributed by atoms with Gasteiger partial charge in [0.1, 0.15) is 0 Å². The summed E-state index contributed by atoms with van der Waals surface area (Å²) in [5.41, 5.74) is 8.74. The summed E-state index contributed by atoms with van der Waals surface area (Å²) in [6.45, 7) is 7.77. The number of pyridine rings is 1. The molecule has 0 atom stereocenters. The van der Waals surface area contributed by atoms with Crippen LogP contribution in [0, 0.1) is 13.8 Å². The second kappa shape index (κ2) is 11.1. The Hall–Kier alpha value is -3.77. The number of oxime groups is 1. The molecule has 186 valence electrons. The molecule has 0 aliphatic carbocycles. The summed E-state index contributed by atoms with van der Waals surface area (Å²) in [6.07, 6.45) is 1.54. The number of hydrogen-bond donors (Lipinski definition) is 2. The molecule has 0 aliphatic heterocycles. The highest BCUT2D eigenvalue weighted by Gasteiger charge is 2.21. The second-order valence-corrected chi connectivity index (χ2v) is 9.59. The first-order valence-corrected chi connectivity index (χ1v) is 12.4. The normalized spacial score (nSPS) is 12.1.